The van der Waals surface area contributed by atoms with Crippen LogP contribution in [0.1, 0.15) is 11.1 Å². The second kappa shape index (κ2) is 5.76. The first kappa shape index (κ1) is 13.9. The van der Waals surface area contributed by atoms with Crippen LogP contribution < -0.4 is 10.1 Å². The van der Waals surface area contributed by atoms with Crippen LogP contribution in [0.5, 0.6) is 5.75 Å². The number of rotatable bonds is 3. The van der Waals surface area contributed by atoms with E-state index in [0.717, 1.165) is 28.8 Å². The smallest absolute Gasteiger partial charge is 0.174 e. The molecule has 1 aliphatic rings. The molecule has 2 aromatic rings. The number of halogens is 3. The highest BCUT2D eigenvalue weighted by Crippen LogP contribution is 2.33. The third-order valence-corrected chi connectivity index (χ3v) is 3.94. The van der Waals surface area contributed by atoms with Crippen molar-refractivity contribution in [3.05, 3.63) is 44.1 Å². The lowest BCUT2D eigenvalue weighted by Gasteiger charge is -2.11. The summed E-state index contributed by atoms with van der Waals surface area (Å²) >= 11 is 15.3. The number of fused-ring (bicyclic) bond motifs is 1. The van der Waals surface area contributed by atoms with Gasteiger partial charge in [-0.1, -0.05) is 39.1 Å². The van der Waals surface area contributed by atoms with Gasteiger partial charge in [-0.25, -0.2) is 0 Å². The highest BCUT2D eigenvalue weighted by Gasteiger charge is 2.17. The van der Waals surface area contributed by atoms with Gasteiger partial charge in [-0.3, -0.25) is 0 Å². The molecular weight excluding hydrogens is 365 g/mol. The molecule has 20 heavy (non-hydrogen) atoms. The first-order valence-corrected chi connectivity index (χ1v) is 7.55. The molecule has 1 aliphatic heterocycles. The van der Waals surface area contributed by atoms with Gasteiger partial charge < -0.3 is 10.1 Å². The van der Waals surface area contributed by atoms with E-state index < -0.39 is 0 Å². The SMILES string of the molecule is Clc1cc(NCc2cc(Br)cc3c2OCC3)c(Cl)nn1. The van der Waals surface area contributed by atoms with E-state index in [0.29, 0.717) is 22.5 Å². The number of hydrogen-bond donors (Lipinski definition) is 1. The third-order valence-electron chi connectivity index (χ3n) is 3.01. The van der Waals surface area contributed by atoms with Crippen LogP contribution in [0.3, 0.4) is 0 Å². The Bertz CT molecular complexity index is 666. The fourth-order valence-corrected chi connectivity index (χ4v) is 3.00. The van der Waals surface area contributed by atoms with Gasteiger partial charge in [0, 0.05) is 29.1 Å². The summed E-state index contributed by atoms with van der Waals surface area (Å²) in [7, 11) is 0. The van der Waals surface area contributed by atoms with Gasteiger partial charge in [0.2, 0.25) is 0 Å². The highest BCUT2D eigenvalue weighted by molar-refractivity contribution is 9.10. The average Bonchev–Trinajstić information content (AvgIpc) is 2.87. The van der Waals surface area contributed by atoms with Crippen LogP contribution in [0.2, 0.25) is 10.3 Å². The topological polar surface area (TPSA) is 47.0 Å². The van der Waals surface area contributed by atoms with Gasteiger partial charge in [0.05, 0.1) is 12.3 Å². The largest absolute Gasteiger partial charge is 0.493 e. The molecule has 0 saturated heterocycles. The van der Waals surface area contributed by atoms with Gasteiger partial charge in [-0.05, 0) is 17.7 Å². The van der Waals surface area contributed by atoms with E-state index >= 15 is 0 Å². The van der Waals surface area contributed by atoms with Crippen molar-refractivity contribution in [2.45, 2.75) is 13.0 Å². The van der Waals surface area contributed by atoms with Gasteiger partial charge in [-0.15, -0.1) is 10.2 Å². The summed E-state index contributed by atoms with van der Waals surface area (Å²) in [5.41, 5.74) is 2.93. The molecule has 1 N–H and O–H groups in total. The Hall–Kier alpha value is -1.04. The molecule has 1 aromatic heterocycles. The summed E-state index contributed by atoms with van der Waals surface area (Å²) in [6.45, 7) is 1.30. The van der Waals surface area contributed by atoms with Crippen LogP contribution in [0.25, 0.3) is 0 Å². The minimum absolute atomic E-state index is 0.293. The van der Waals surface area contributed by atoms with Crippen LogP contribution in [0, 0.1) is 0 Å². The number of nitrogens with zero attached hydrogens (tertiary/aromatic N) is 2. The second-order valence-corrected chi connectivity index (χ2v) is 6.04. The van der Waals surface area contributed by atoms with Crippen molar-refractivity contribution in [1.29, 1.82) is 0 Å². The third kappa shape index (κ3) is 2.85. The predicted octanol–water partition coefficient (Wildman–Crippen LogP) is 4.09. The lowest BCUT2D eigenvalue weighted by atomic mass is 10.1. The minimum atomic E-state index is 0.293. The summed E-state index contributed by atoms with van der Waals surface area (Å²) in [6.07, 6.45) is 0.936. The molecule has 4 nitrogen and oxygen atoms in total. The first-order chi connectivity index (χ1) is 9.63. The average molecular weight is 375 g/mol. The second-order valence-electron chi connectivity index (χ2n) is 4.38. The molecule has 0 bridgehead atoms. The van der Waals surface area contributed by atoms with Crippen LogP contribution in [0.15, 0.2) is 22.7 Å². The summed E-state index contributed by atoms with van der Waals surface area (Å²) in [5.74, 6) is 0.949. The van der Waals surface area contributed by atoms with E-state index in [4.69, 9.17) is 27.9 Å². The summed E-state index contributed by atoms with van der Waals surface area (Å²) in [6, 6.07) is 5.76. The van der Waals surface area contributed by atoms with Gasteiger partial charge in [0.25, 0.3) is 0 Å². The summed E-state index contributed by atoms with van der Waals surface area (Å²) in [5, 5.41) is 11.2. The normalized spacial score (nSPS) is 12.9. The first-order valence-electron chi connectivity index (χ1n) is 6.00. The Labute approximate surface area is 134 Å². The molecule has 0 unspecified atom stereocenters. The number of hydrogen-bond acceptors (Lipinski definition) is 4. The van der Waals surface area contributed by atoms with Crippen LogP contribution in [0.4, 0.5) is 5.69 Å². The molecule has 1 aromatic carbocycles. The Kier molecular flexibility index (Phi) is 4.01. The van der Waals surface area contributed by atoms with Gasteiger partial charge >= 0.3 is 0 Å². The molecule has 0 amide bonds. The van der Waals surface area contributed by atoms with Crippen LogP contribution in [-0.4, -0.2) is 16.8 Å². The van der Waals surface area contributed by atoms with Crippen molar-refractivity contribution < 1.29 is 4.74 Å². The highest BCUT2D eigenvalue weighted by atomic mass is 79.9. The molecular formula is C13H10BrCl2N3O. The molecule has 0 atom stereocenters. The maximum atomic E-state index is 5.98. The van der Waals surface area contributed by atoms with Gasteiger partial charge in [0.1, 0.15) is 5.75 Å². The van der Waals surface area contributed by atoms with Crippen molar-refractivity contribution in [3.8, 4) is 5.75 Å². The molecule has 3 rings (SSSR count). The van der Waals surface area contributed by atoms with Gasteiger partial charge in [0.15, 0.2) is 10.3 Å². The number of benzene rings is 1. The van der Waals surface area contributed by atoms with Crippen LogP contribution >= 0.6 is 39.1 Å². The molecule has 2 heterocycles. The monoisotopic (exact) mass is 373 g/mol. The zero-order valence-corrected chi connectivity index (χ0v) is 13.4. The number of aromatic nitrogens is 2. The van der Waals surface area contributed by atoms with E-state index in [1.165, 1.54) is 5.56 Å². The molecule has 0 fully saturated rings. The molecule has 0 saturated carbocycles. The summed E-state index contributed by atoms with van der Waals surface area (Å²) < 4.78 is 6.72. The van der Waals surface area contributed by atoms with Gasteiger partial charge in [-0.2, -0.15) is 0 Å². The van der Waals surface area contributed by atoms with Crippen molar-refractivity contribution >= 4 is 44.8 Å². The van der Waals surface area contributed by atoms with E-state index in [9.17, 15) is 0 Å². The molecule has 0 aliphatic carbocycles. The molecule has 104 valence electrons. The van der Waals surface area contributed by atoms with Crippen LogP contribution in [-0.2, 0) is 13.0 Å². The fourth-order valence-electron chi connectivity index (χ4n) is 2.14. The molecule has 0 spiro atoms. The Balaban J connectivity index is 1.84. The van der Waals surface area contributed by atoms with E-state index in [2.05, 4.69) is 37.5 Å². The lowest BCUT2D eigenvalue weighted by Crippen LogP contribution is -2.03. The molecule has 0 radical (unpaired) electrons. The maximum Gasteiger partial charge on any atom is 0.174 e. The zero-order valence-electron chi connectivity index (χ0n) is 10.3. The Morgan fingerprint density at radius 1 is 1.25 bits per heavy atom. The van der Waals surface area contributed by atoms with E-state index in [1.54, 1.807) is 6.07 Å². The molecule has 7 heteroatoms. The van der Waals surface area contributed by atoms with Crippen molar-refractivity contribution in [2.24, 2.45) is 0 Å². The Morgan fingerprint density at radius 3 is 2.95 bits per heavy atom. The summed E-state index contributed by atoms with van der Waals surface area (Å²) in [4.78, 5) is 0. The Morgan fingerprint density at radius 2 is 2.10 bits per heavy atom. The predicted molar refractivity (Wildman–Crippen MR) is 82.7 cm³/mol. The van der Waals surface area contributed by atoms with Crippen molar-refractivity contribution in [3.63, 3.8) is 0 Å². The number of ether oxygens (including phenoxy) is 1. The quantitative estimate of drug-likeness (QED) is 0.878. The van der Waals surface area contributed by atoms with E-state index in [1.807, 2.05) is 6.07 Å². The number of nitrogens with one attached hydrogen (secondary N) is 1. The fraction of sp³-hybridized carbons (Fsp3) is 0.231. The number of anilines is 1. The maximum absolute atomic E-state index is 5.98. The van der Waals surface area contributed by atoms with E-state index in [-0.39, 0.29) is 0 Å². The lowest BCUT2D eigenvalue weighted by molar-refractivity contribution is 0.354. The zero-order chi connectivity index (χ0) is 14.1. The van der Waals surface area contributed by atoms with Crippen molar-refractivity contribution in [1.82, 2.24) is 10.2 Å². The van der Waals surface area contributed by atoms with Crippen molar-refractivity contribution in [2.75, 3.05) is 11.9 Å². The minimum Gasteiger partial charge on any atom is -0.493 e. The standard InChI is InChI=1S/C13H10BrCl2N3O/c14-9-3-7-1-2-20-12(7)8(4-9)6-17-10-5-11(15)18-19-13(10)16/h3-5H,1-2,6H2,(H,17,18).